The van der Waals surface area contributed by atoms with Crippen LogP contribution >= 0.6 is 0 Å². The van der Waals surface area contributed by atoms with Crippen molar-refractivity contribution in [3.05, 3.63) is 36.0 Å². The monoisotopic (exact) mass is 280 g/mol. The van der Waals surface area contributed by atoms with Crippen molar-refractivity contribution in [3.8, 4) is 0 Å². The zero-order valence-corrected chi connectivity index (χ0v) is 12.2. The lowest BCUT2D eigenvalue weighted by Crippen LogP contribution is -2.28. The molecule has 2 rings (SSSR count). The number of aryl methyl sites for hydroxylation is 1. The lowest BCUT2D eigenvalue weighted by molar-refractivity contribution is 0.580. The molecule has 1 aromatic heterocycles. The molecule has 0 aliphatic heterocycles. The molecule has 0 saturated heterocycles. The van der Waals surface area contributed by atoms with Crippen molar-refractivity contribution < 1.29 is 8.42 Å². The summed E-state index contributed by atoms with van der Waals surface area (Å²) in [7, 11) is -1.10. The van der Waals surface area contributed by atoms with Gasteiger partial charge in [0, 0.05) is 30.7 Å². The smallest absolute Gasteiger partial charge is 0.211 e. The lowest BCUT2D eigenvalue weighted by atomic mass is 10.1. The highest BCUT2D eigenvalue weighted by atomic mass is 32.2. The van der Waals surface area contributed by atoms with Gasteiger partial charge >= 0.3 is 0 Å². The first-order valence-electron chi connectivity index (χ1n) is 6.54. The van der Waals surface area contributed by atoms with Crippen LogP contribution in [-0.4, -0.2) is 25.3 Å². The molecule has 5 heteroatoms. The minimum atomic E-state index is -3.11. The molecule has 1 heterocycles. The highest BCUT2D eigenvalue weighted by Crippen LogP contribution is 2.20. The molecular weight excluding hydrogens is 260 g/mol. The number of nitrogens with zero attached hydrogens (tertiary/aromatic N) is 1. The molecule has 4 nitrogen and oxygen atoms in total. The Morgan fingerprint density at radius 1 is 1.26 bits per heavy atom. The molecule has 0 aliphatic carbocycles. The van der Waals surface area contributed by atoms with Gasteiger partial charge in [0.05, 0.1) is 5.75 Å². The summed E-state index contributed by atoms with van der Waals surface area (Å²) in [5, 5.41) is 1.19. The van der Waals surface area contributed by atoms with Crippen molar-refractivity contribution in [2.45, 2.75) is 19.8 Å². The maximum atomic E-state index is 11.6. The van der Waals surface area contributed by atoms with Gasteiger partial charge in [0.25, 0.3) is 0 Å². The first-order valence-corrected chi connectivity index (χ1v) is 8.19. The van der Waals surface area contributed by atoms with Crippen LogP contribution in [0.2, 0.25) is 0 Å². The molecule has 0 aliphatic rings. The molecule has 0 bridgehead atoms. The van der Waals surface area contributed by atoms with Gasteiger partial charge in [-0.1, -0.05) is 25.1 Å². The average molecular weight is 280 g/mol. The van der Waals surface area contributed by atoms with Gasteiger partial charge in [-0.25, -0.2) is 13.1 Å². The summed E-state index contributed by atoms with van der Waals surface area (Å²) in [5.41, 5.74) is 2.35. The van der Waals surface area contributed by atoms with Crippen LogP contribution < -0.4 is 4.72 Å². The zero-order valence-electron chi connectivity index (χ0n) is 11.4. The standard InChI is InChI=1S/C14H20N2O2S/c1-3-10-19(17,18)15-9-8-12-11-16(2)14-7-5-4-6-13(12)14/h4-7,11,15H,3,8-10H2,1-2H3. The highest BCUT2D eigenvalue weighted by Gasteiger charge is 2.09. The van der Waals surface area contributed by atoms with Gasteiger partial charge in [0.15, 0.2) is 0 Å². The predicted octanol–water partition coefficient (Wildman–Crippen LogP) is 2.05. The van der Waals surface area contributed by atoms with E-state index in [0.29, 0.717) is 19.4 Å². The summed E-state index contributed by atoms with van der Waals surface area (Å²) in [6.07, 6.45) is 3.42. The first-order chi connectivity index (χ1) is 9.03. The number of rotatable bonds is 6. The molecule has 0 unspecified atom stereocenters. The Morgan fingerprint density at radius 2 is 2.00 bits per heavy atom. The molecule has 0 fully saturated rings. The van der Waals surface area contributed by atoms with Crippen molar-refractivity contribution in [2.24, 2.45) is 7.05 Å². The van der Waals surface area contributed by atoms with E-state index in [0.717, 1.165) is 0 Å². The number of fused-ring (bicyclic) bond motifs is 1. The van der Waals surface area contributed by atoms with Crippen molar-refractivity contribution >= 4 is 20.9 Å². The number of hydrogen-bond donors (Lipinski definition) is 1. The normalized spacial score (nSPS) is 12.1. The van der Waals surface area contributed by atoms with E-state index in [4.69, 9.17) is 0 Å². The number of aromatic nitrogens is 1. The van der Waals surface area contributed by atoms with E-state index in [1.54, 1.807) is 0 Å². The summed E-state index contributed by atoms with van der Waals surface area (Å²) in [4.78, 5) is 0. The summed E-state index contributed by atoms with van der Waals surface area (Å²) < 4.78 is 27.9. The van der Waals surface area contributed by atoms with Crippen LogP contribution in [0.1, 0.15) is 18.9 Å². The fourth-order valence-electron chi connectivity index (χ4n) is 2.31. The summed E-state index contributed by atoms with van der Waals surface area (Å²) in [6.45, 7) is 2.32. The van der Waals surface area contributed by atoms with Crippen LogP contribution in [0.15, 0.2) is 30.5 Å². The number of benzene rings is 1. The maximum Gasteiger partial charge on any atom is 0.211 e. The summed E-state index contributed by atoms with van der Waals surface area (Å²) in [6, 6.07) is 8.16. The Kier molecular flexibility index (Phi) is 4.27. The molecule has 1 aromatic carbocycles. The number of para-hydroxylation sites is 1. The molecule has 1 N–H and O–H groups in total. The molecule has 19 heavy (non-hydrogen) atoms. The van der Waals surface area contributed by atoms with Crippen LogP contribution in [0.3, 0.4) is 0 Å². The van der Waals surface area contributed by atoms with Gasteiger partial charge in [-0.2, -0.15) is 0 Å². The fraction of sp³-hybridized carbons (Fsp3) is 0.429. The SMILES string of the molecule is CCCS(=O)(=O)NCCc1cn(C)c2ccccc12. The molecule has 2 aromatic rings. The third-order valence-corrected chi connectivity index (χ3v) is 4.76. The Labute approximate surface area is 114 Å². The molecule has 104 valence electrons. The van der Waals surface area contributed by atoms with E-state index in [9.17, 15) is 8.42 Å². The number of hydrogen-bond acceptors (Lipinski definition) is 2. The third-order valence-electron chi connectivity index (χ3n) is 3.17. The van der Waals surface area contributed by atoms with Crippen LogP contribution in [0.25, 0.3) is 10.9 Å². The van der Waals surface area contributed by atoms with Gasteiger partial charge in [-0.3, -0.25) is 0 Å². The molecule has 0 spiro atoms. The Bertz CT molecular complexity index is 659. The second kappa shape index (κ2) is 5.75. The fourth-order valence-corrected chi connectivity index (χ4v) is 3.40. The number of sulfonamides is 1. The van der Waals surface area contributed by atoms with E-state index in [2.05, 4.69) is 27.6 Å². The molecular formula is C14H20N2O2S. The van der Waals surface area contributed by atoms with Crippen LogP contribution in [0.5, 0.6) is 0 Å². The van der Waals surface area contributed by atoms with E-state index in [1.165, 1.54) is 16.5 Å². The second-order valence-electron chi connectivity index (χ2n) is 4.75. The molecule has 0 atom stereocenters. The van der Waals surface area contributed by atoms with Gasteiger partial charge in [0.1, 0.15) is 0 Å². The first kappa shape index (κ1) is 14.1. The Balaban J connectivity index is 2.07. The van der Waals surface area contributed by atoms with Crippen molar-refractivity contribution in [2.75, 3.05) is 12.3 Å². The van der Waals surface area contributed by atoms with Gasteiger partial charge in [0.2, 0.25) is 10.0 Å². The Morgan fingerprint density at radius 3 is 2.74 bits per heavy atom. The summed E-state index contributed by atoms with van der Waals surface area (Å²) >= 11 is 0. The van der Waals surface area contributed by atoms with Crippen LogP contribution in [0, 0.1) is 0 Å². The van der Waals surface area contributed by atoms with E-state index < -0.39 is 10.0 Å². The highest BCUT2D eigenvalue weighted by molar-refractivity contribution is 7.89. The average Bonchev–Trinajstić information content (AvgIpc) is 2.67. The van der Waals surface area contributed by atoms with Gasteiger partial charge < -0.3 is 4.57 Å². The maximum absolute atomic E-state index is 11.6. The lowest BCUT2D eigenvalue weighted by Gasteiger charge is -2.04. The molecule has 0 radical (unpaired) electrons. The van der Waals surface area contributed by atoms with Crippen molar-refractivity contribution in [1.82, 2.24) is 9.29 Å². The van der Waals surface area contributed by atoms with Crippen molar-refractivity contribution in [1.29, 1.82) is 0 Å². The topological polar surface area (TPSA) is 51.1 Å². The molecule has 0 saturated carbocycles. The third kappa shape index (κ3) is 3.36. The minimum Gasteiger partial charge on any atom is -0.350 e. The molecule has 0 amide bonds. The number of nitrogens with one attached hydrogen (secondary N) is 1. The van der Waals surface area contributed by atoms with Crippen LogP contribution in [-0.2, 0) is 23.5 Å². The quantitative estimate of drug-likeness (QED) is 0.880. The summed E-state index contributed by atoms with van der Waals surface area (Å²) in [5.74, 6) is 0.197. The second-order valence-corrected chi connectivity index (χ2v) is 6.67. The zero-order chi connectivity index (χ0) is 13.9. The largest absolute Gasteiger partial charge is 0.350 e. The Hall–Kier alpha value is -1.33. The van der Waals surface area contributed by atoms with Gasteiger partial charge in [-0.15, -0.1) is 0 Å². The van der Waals surface area contributed by atoms with E-state index >= 15 is 0 Å². The van der Waals surface area contributed by atoms with E-state index in [-0.39, 0.29) is 5.75 Å². The predicted molar refractivity (Wildman–Crippen MR) is 78.7 cm³/mol. The minimum absolute atomic E-state index is 0.197. The van der Waals surface area contributed by atoms with Crippen LogP contribution in [0.4, 0.5) is 0 Å². The van der Waals surface area contributed by atoms with Crippen molar-refractivity contribution in [3.63, 3.8) is 0 Å². The van der Waals surface area contributed by atoms with E-state index in [1.807, 2.05) is 26.1 Å². The van der Waals surface area contributed by atoms with Gasteiger partial charge in [-0.05, 0) is 24.5 Å².